The Labute approximate surface area is 150 Å². The quantitative estimate of drug-likeness (QED) is 0.513. The molecule has 144 valence electrons. The number of carbonyl (C=O) groups is 1. The molecule has 0 spiro atoms. The molecule has 0 radical (unpaired) electrons. The van der Waals surface area contributed by atoms with Crippen molar-refractivity contribution in [3.63, 3.8) is 0 Å². The summed E-state index contributed by atoms with van der Waals surface area (Å²) in [4.78, 5) is 17.7. The van der Waals surface area contributed by atoms with Gasteiger partial charge in [0.1, 0.15) is 0 Å². The standard InChI is InChI=1S/C16H31N5O3S/c1-18-16(20-7-3-4-14(12-20)10-15(17)22)19-11-13-5-8-21(9-6-13)25(2,23)24/h13-14H,3-12H2,1-2H3,(H2,17,22)(H,18,19). The monoisotopic (exact) mass is 373 g/mol. The lowest BCUT2D eigenvalue weighted by atomic mass is 9.94. The highest BCUT2D eigenvalue weighted by Crippen LogP contribution is 2.21. The lowest BCUT2D eigenvalue weighted by Gasteiger charge is -2.36. The molecule has 0 aromatic carbocycles. The number of amides is 1. The highest BCUT2D eigenvalue weighted by atomic mass is 32.2. The number of aliphatic imine (C=N–C) groups is 1. The number of piperidine rings is 2. The Morgan fingerprint density at radius 2 is 1.88 bits per heavy atom. The highest BCUT2D eigenvalue weighted by molar-refractivity contribution is 7.88. The first-order chi connectivity index (χ1) is 11.8. The van der Waals surface area contributed by atoms with Crippen LogP contribution in [0.15, 0.2) is 4.99 Å². The van der Waals surface area contributed by atoms with Crippen LogP contribution in [-0.2, 0) is 14.8 Å². The van der Waals surface area contributed by atoms with E-state index in [9.17, 15) is 13.2 Å². The maximum Gasteiger partial charge on any atom is 0.217 e. The van der Waals surface area contributed by atoms with Crippen LogP contribution < -0.4 is 11.1 Å². The van der Waals surface area contributed by atoms with Gasteiger partial charge in [-0.05, 0) is 37.5 Å². The summed E-state index contributed by atoms with van der Waals surface area (Å²) in [6.07, 6.45) is 5.48. The van der Waals surface area contributed by atoms with E-state index >= 15 is 0 Å². The Hall–Kier alpha value is -1.35. The van der Waals surface area contributed by atoms with Gasteiger partial charge < -0.3 is 16.0 Å². The first-order valence-corrected chi connectivity index (χ1v) is 10.8. The van der Waals surface area contributed by atoms with Crippen molar-refractivity contribution in [2.24, 2.45) is 22.6 Å². The second-order valence-electron chi connectivity index (χ2n) is 7.16. The largest absolute Gasteiger partial charge is 0.370 e. The van der Waals surface area contributed by atoms with Crippen molar-refractivity contribution in [3.8, 4) is 0 Å². The molecular weight excluding hydrogens is 342 g/mol. The third kappa shape index (κ3) is 6.14. The minimum absolute atomic E-state index is 0.243. The number of rotatable bonds is 5. The van der Waals surface area contributed by atoms with E-state index in [0.29, 0.717) is 31.3 Å². The van der Waals surface area contributed by atoms with Gasteiger partial charge in [-0.2, -0.15) is 0 Å². The molecule has 0 bridgehead atoms. The van der Waals surface area contributed by atoms with Crippen LogP contribution >= 0.6 is 0 Å². The fourth-order valence-electron chi connectivity index (χ4n) is 3.72. The Morgan fingerprint density at radius 1 is 1.20 bits per heavy atom. The molecular formula is C16H31N5O3S. The normalized spacial score (nSPS) is 24.3. The molecule has 25 heavy (non-hydrogen) atoms. The number of nitrogens with one attached hydrogen (secondary N) is 1. The summed E-state index contributed by atoms with van der Waals surface area (Å²) in [5.41, 5.74) is 5.33. The van der Waals surface area contributed by atoms with Crippen molar-refractivity contribution in [2.75, 3.05) is 46.0 Å². The molecule has 0 saturated carbocycles. The number of likely N-dealkylation sites (tertiary alicyclic amines) is 1. The molecule has 9 heteroatoms. The van der Waals surface area contributed by atoms with Gasteiger partial charge in [-0.1, -0.05) is 0 Å². The molecule has 2 saturated heterocycles. The number of hydrogen-bond acceptors (Lipinski definition) is 4. The molecule has 2 rings (SSSR count). The van der Waals surface area contributed by atoms with E-state index in [0.717, 1.165) is 51.3 Å². The summed E-state index contributed by atoms with van der Waals surface area (Å²) in [6, 6.07) is 0. The summed E-state index contributed by atoms with van der Waals surface area (Å²) in [7, 11) is -1.31. The molecule has 8 nitrogen and oxygen atoms in total. The summed E-state index contributed by atoms with van der Waals surface area (Å²) in [5.74, 6) is 1.36. The van der Waals surface area contributed by atoms with Gasteiger partial charge in [0.25, 0.3) is 0 Å². The summed E-state index contributed by atoms with van der Waals surface area (Å²) in [5, 5.41) is 3.43. The molecule has 1 atom stereocenters. The zero-order valence-corrected chi connectivity index (χ0v) is 16.1. The molecule has 0 aliphatic carbocycles. The van der Waals surface area contributed by atoms with E-state index in [1.54, 1.807) is 11.4 Å². The predicted octanol–water partition coefficient (Wildman–Crippen LogP) is -0.179. The Bertz CT molecular complexity index is 585. The first-order valence-electron chi connectivity index (χ1n) is 8.98. The summed E-state index contributed by atoms with van der Waals surface area (Å²) in [6.45, 7) is 3.71. The van der Waals surface area contributed by atoms with Crippen LogP contribution in [0.1, 0.15) is 32.1 Å². The Morgan fingerprint density at radius 3 is 2.44 bits per heavy atom. The van der Waals surface area contributed by atoms with Crippen LogP contribution in [0.2, 0.25) is 0 Å². The van der Waals surface area contributed by atoms with Crippen molar-refractivity contribution >= 4 is 21.9 Å². The molecule has 2 aliphatic rings. The van der Waals surface area contributed by atoms with E-state index in [-0.39, 0.29) is 5.91 Å². The molecule has 2 aliphatic heterocycles. The minimum Gasteiger partial charge on any atom is -0.370 e. The molecule has 1 amide bonds. The molecule has 3 N–H and O–H groups in total. The number of guanidine groups is 1. The van der Waals surface area contributed by atoms with Crippen molar-refractivity contribution in [1.29, 1.82) is 0 Å². The van der Waals surface area contributed by atoms with Crippen molar-refractivity contribution in [3.05, 3.63) is 0 Å². The number of sulfonamides is 1. The van der Waals surface area contributed by atoms with Crippen LogP contribution in [0.25, 0.3) is 0 Å². The smallest absolute Gasteiger partial charge is 0.217 e. The van der Waals surface area contributed by atoms with Crippen molar-refractivity contribution in [1.82, 2.24) is 14.5 Å². The predicted molar refractivity (Wildman–Crippen MR) is 98.6 cm³/mol. The van der Waals surface area contributed by atoms with Gasteiger partial charge in [0.2, 0.25) is 15.9 Å². The third-order valence-electron chi connectivity index (χ3n) is 5.11. The molecule has 2 heterocycles. The zero-order chi connectivity index (χ0) is 18.4. The third-order valence-corrected chi connectivity index (χ3v) is 6.41. The van der Waals surface area contributed by atoms with Gasteiger partial charge in [-0.15, -0.1) is 0 Å². The van der Waals surface area contributed by atoms with Crippen LogP contribution in [0.5, 0.6) is 0 Å². The molecule has 2 fully saturated rings. The average molecular weight is 374 g/mol. The number of primary amides is 1. The zero-order valence-electron chi connectivity index (χ0n) is 15.3. The minimum atomic E-state index is -3.08. The van der Waals surface area contributed by atoms with Crippen LogP contribution in [0.4, 0.5) is 0 Å². The van der Waals surface area contributed by atoms with E-state index in [1.165, 1.54) is 6.26 Å². The maximum atomic E-state index is 11.6. The maximum absolute atomic E-state index is 11.6. The molecule has 0 aromatic rings. The van der Waals surface area contributed by atoms with Gasteiger partial charge in [-0.3, -0.25) is 9.79 Å². The SMILES string of the molecule is CN=C(NCC1CCN(S(C)(=O)=O)CC1)N1CCCC(CC(N)=O)C1. The molecule has 1 unspecified atom stereocenters. The molecule has 0 aromatic heterocycles. The van der Waals surface area contributed by atoms with E-state index in [4.69, 9.17) is 5.73 Å². The van der Waals surface area contributed by atoms with Crippen LogP contribution in [0, 0.1) is 11.8 Å². The van der Waals surface area contributed by atoms with E-state index < -0.39 is 10.0 Å². The summed E-state index contributed by atoms with van der Waals surface area (Å²) < 4.78 is 24.7. The number of nitrogens with two attached hydrogens (primary N) is 1. The van der Waals surface area contributed by atoms with Crippen LogP contribution in [-0.4, -0.2) is 75.5 Å². The topological polar surface area (TPSA) is 108 Å². The Kier molecular flexibility index (Phi) is 7.06. The Balaban J connectivity index is 1.80. The number of carbonyl (C=O) groups excluding carboxylic acids is 1. The van der Waals surface area contributed by atoms with Crippen molar-refractivity contribution < 1.29 is 13.2 Å². The van der Waals surface area contributed by atoms with Gasteiger partial charge in [0, 0.05) is 46.2 Å². The van der Waals surface area contributed by atoms with Gasteiger partial charge >= 0.3 is 0 Å². The number of nitrogens with zero attached hydrogens (tertiary/aromatic N) is 3. The van der Waals surface area contributed by atoms with E-state index in [2.05, 4.69) is 15.2 Å². The fraction of sp³-hybridized carbons (Fsp3) is 0.875. The average Bonchev–Trinajstić information content (AvgIpc) is 2.55. The van der Waals surface area contributed by atoms with E-state index in [1.807, 2.05) is 0 Å². The van der Waals surface area contributed by atoms with Gasteiger partial charge in [0.05, 0.1) is 6.26 Å². The lowest BCUT2D eigenvalue weighted by molar-refractivity contribution is -0.119. The lowest BCUT2D eigenvalue weighted by Crippen LogP contribution is -2.49. The second-order valence-corrected chi connectivity index (χ2v) is 9.14. The van der Waals surface area contributed by atoms with Gasteiger partial charge in [0.15, 0.2) is 5.96 Å². The highest BCUT2D eigenvalue weighted by Gasteiger charge is 2.26. The summed E-state index contributed by atoms with van der Waals surface area (Å²) >= 11 is 0. The van der Waals surface area contributed by atoms with Gasteiger partial charge in [-0.25, -0.2) is 12.7 Å². The number of hydrogen-bond donors (Lipinski definition) is 2. The van der Waals surface area contributed by atoms with Crippen LogP contribution in [0.3, 0.4) is 0 Å². The van der Waals surface area contributed by atoms with Crippen molar-refractivity contribution in [2.45, 2.75) is 32.1 Å². The second kappa shape index (κ2) is 8.84. The fourth-order valence-corrected chi connectivity index (χ4v) is 4.60. The first kappa shape index (κ1) is 20.0.